The van der Waals surface area contributed by atoms with Crippen molar-refractivity contribution in [3.05, 3.63) is 30.2 Å². The Hall–Kier alpha value is -2.55. The molecule has 0 saturated carbocycles. The van der Waals surface area contributed by atoms with Crippen LogP contribution in [-0.4, -0.2) is 31.2 Å². The van der Waals surface area contributed by atoms with Crippen LogP contribution < -0.4 is 10.6 Å². The zero-order chi connectivity index (χ0) is 15.8. The zero-order valence-electron chi connectivity index (χ0n) is 12.0. The smallest absolute Gasteiger partial charge is 0.269 e. The number of anilines is 1. The van der Waals surface area contributed by atoms with E-state index < -0.39 is 0 Å². The van der Waals surface area contributed by atoms with Crippen LogP contribution in [0, 0.1) is 0 Å². The Kier molecular flexibility index (Phi) is 5.78. The van der Waals surface area contributed by atoms with Crippen LogP contribution in [0.15, 0.2) is 28.9 Å². The van der Waals surface area contributed by atoms with E-state index in [1.807, 2.05) is 0 Å². The number of carbonyl (C=O) groups is 1. The summed E-state index contributed by atoms with van der Waals surface area (Å²) >= 11 is 5.01. The zero-order valence-corrected chi connectivity index (χ0v) is 12.8. The molecule has 2 aromatic rings. The van der Waals surface area contributed by atoms with E-state index in [0.29, 0.717) is 12.3 Å². The molecule has 0 bridgehead atoms. The average molecular weight is 320 g/mol. The van der Waals surface area contributed by atoms with E-state index in [-0.39, 0.29) is 17.0 Å². The summed E-state index contributed by atoms with van der Waals surface area (Å²) in [7, 11) is 0. The van der Waals surface area contributed by atoms with Gasteiger partial charge in [0.1, 0.15) is 5.76 Å². The fourth-order valence-corrected chi connectivity index (χ4v) is 1.71. The largest absolute Gasteiger partial charge is 0.465 e. The number of aromatic nitrogens is 4. The summed E-state index contributed by atoms with van der Waals surface area (Å²) in [5.74, 6) is 0.443. The third-order valence-electron chi connectivity index (χ3n) is 2.57. The minimum atomic E-state index is -0.382. The molecule has 0 radical (unpaired) electrons. The summed E-state index contributed by atoms with van der Waals surface area (Å²) in [5.41, 5.74) is 0. The number of nitrogens with zero attached hydrogens (tertiary/aromatic N) is 4. The van der Waals surface area contributed by atoms with Crippen LogP contribution >= 0.6 is 12.2 Å². The van der Waals surface area contributed by atoms with Gasteiger partial charge in [0.2, 0.25) is 5.91 Å². The molecule has 0 aliphatic rings. The van der Waals surface area contributed by atoms with E-state index in [0.717, 1.165) is 12.8 Å². The van der Waals surface area contributed by atoms with Gasteiger partial charge in [-0.3, -0.25) is 15.4 Å². The fourth-order valence-electron chi connectivity index (χ4n) is 1.52. The Morgan fingerprint density at radius 1 is 1.55 bits per heavy atom. The van der Waals surface area contributed by atoms with Crippen LogP contribution in [0.2, 0.25) is 0 Å². The number of rotatable bonds is 6. The topological polar surface area (TPSA) is 97.9 Å². The van der Waals surface area contributed by atoms with Crippen molar-refractivity contribution in [3.63, 3.8) is 0 Å². The first kappa shape index (κ1) is 15.8. The van der Waals surface area contributed by atoms with E-state index >= 15 is 0 Å². The van der Waals surface area contributed by atoms with Gasteiger partial charge in [0.25, 0.3) is 5.95 Å². The van der Waals surface area contributed by atoms with Crippen molar-refractivity contribution < 1.29 is 9.21 Å². The van der Waals surface area contributed by atoms with Crippen molar-refractivity contribution in [3.8, 4) is 0 Å². The molecular formula is C13H16N6O2S. The molecule has 0 spiro atoms. The van der Waals surface area contributed by atoms with E-state index in [4.69, 9.17) is 16.6 Å². The van der Waals surface area contributed by atoms with Crippen molar-refractivity contribution in [1.82, 2.24) is 25.5 Å². The Morgan fingerprint density at radius 3 is 3.14 bits per heavy atom. The van der Waals surface area contributed by atoms with Gasteiger partial charge in [-0.15, -0.1) is 5.10 Å². The Labute approximate surface area is 132 Å². The van der Waals surface area contributed by atoms with Crippen molar-refractivity contribution >= 4 is 35.3 Å². The van der Waals surface area contributed by atoms with Gasteiger partial charge >= 0.3 is 0 Å². The summed E-state index contributed by atoms with van der Waals surface area (Å²) in [6, 6.07) is 3.47. The molecule has 0 aromatic carbocycles. The molecule has 2 heterocycles. The van der Waals surface area contributed by atoms with Gasteiger partial charge < -0.3 is 4.42 Å². The first-order valence-electron chi connectivity index (χ1n) is 6.78. The summed E-state index contributed by atoms with van der Waals surface area (Å²) in [6.45, 7) is 2.77. The van der Waals surface area contributed by atoms with Gasteiger partial charge in [0.15, 0.2) is 5.11 Å². The van der Waals surface area contributed by atoms with Gasteiger partial charge in [0.05, 0.1) is 12.8 Å². The highest BCUT2D eigenvalue weighted by atomic mass is 32.1. The SMILES string of the molecule is CCCCn1nnc(NC(=S)NC(=O)/C=C/c2ccco2)n1. The molecule has 0 saturated heterocycles. The lowest BCUT2D eigenvalue weighted by Crippen LogP contribution is -2.33. The maximum absolute atomic E-state index is 11.7. The second kappa shape index (κ2) is 8.03. The Bertz CT molecular complexity index is 649. The molecule has 22 heavy (non-hydrogen) atoms. The Balaban J connectivity index is 1.79. The molecule has 8 nitrogen and oxygen atoms in total. The van der Waals surface area contributed by atoms with Crippen molar-refractivity contribution in [2.24, 2.45) is 0 Å². The highest BCUT2D eigenvalue weighted by Crippen LogP contribution is 2.01. The predicted molar refractivity (Wildman–Crippen MR) is 84.8 cm³/mol. The highest BCUT2D eigenvalue weighted by Gasteiger charge is 2.06. The Morgan fingerprint density at radius 2 is 2.41 bits per heavy atom. The van der Waals surface area contributed by atoms with E-state index in [2.05, 4.69) is 33.0 Å². The number of thiocarbonyl (C=S) groups is 1. The number of aryl methyl sites for hydroxylation is 1. The molecule has 0 atom stereocenters. The molecule has 2 aromatic heterocycles. The molecule has 9 heteroatoms. The summed E-state index contributed by atoms with van der Waals surface area (Å²) < 4.78 is 5.07. The molecule has 2 rings (SSSR count). The van der Waals surface area contributed by atoms with Crippen LogP contribution in [0.5, 0.6) is 0 Å². The van der Waals surface area contributed by atoms with Crippen LogP contribution in [0.4, 0.5) is 5.95 Å². The van der Waals surface area contributed by atoms with E-state index in [1.165, 1.54) is 23.2 Å². The van der Waals surface area contributed by atoms with Crippen molar-refractivity contribution in [2.75, 3.05) is 5.32 Å². The number of furan rings is 1. The number of tetrazole rings is 1. The fraction of sp³-hybridized carbons (Fsp3) is 0.308. The monoisotopic (exact) mass is 320 g/mol. The lowest BCUT2D eigenvalue weighted by molar-refractivity contribution is -0.115. The first-order chi connectivity index (χ1) is 10.7. The van der Waals surface area contributed by atoms with Crippen LogP contribution in [0.3, 0.4) is 0 Å². The molecule has 1 amide bonds. The van der Waals surface area contributed by atoms with Crippen molar-refractivity contribution in [1.29, 1.82) is 0 Å². The van der Waals surface area contributed by atoms with Crippen molar-refractivity contribution in [2.45, 2.75) is 26.3 Å². The molecule has 0 aliphatic carbocycles. The molecule has 0 aliphatic heterocycles. The second-order valence-corrected chi connectivity index (χ2v) is 4.76. The number of unbranched alkanes of at least 4 members (excludes halogenated alkanes) is 1. The molecule has 2 N–H and O–H groups in total. The maximum Gasteiger partial charge on any atom is 0.269 e. The normalized spacial score (nSPS) is 10.8. The van der Waals surface area contributed by atoms with Crippen LogP contribution in [0.25, 0.3) is 6.08 Å². The number of hydrogen-bond acceptors (Lipinski definition) is 6. The predicted octanol–water partition coefficient (Wildman–Crippen LogP) is 1.59. The molecule has 0 fully saturated rings. The quantitative estimate of drug-likeness (QED) is 0.616. The highest BCUT2D eigenvalue weighted by molar-refractivity contribution is 7.80. The third-order valence-corrected chi connectivity index (χ3v) is 2.77. The molecular weight excluding hydrogens is 304 g/mol. The average Bonchev–Trinajstić information content (AvgIpc) is 3.14. The standard InChI is InChI=1S/C13H16N6O2S/c1-2-3-8-19-17-12(16-18-19)15-13(22)14-11(20)7-6-10-5-4-9-21-10/h4-7,9H,2-3,8H2,1H3,(H2,14,15,17,20,22)/b7-6+. The summed E-state index contributed by atoms with van der Waals surface area (Å²) in [6.07, 6.45) is 6.39. The number of carbonyl (C=O) groups excluding carboxylic acids is 1. The van der Waals surface area contributed by atoms with Gasteiger partial charge in [-0.2, -0.15) is 4.80 Å². The lowest BCUT2D eigenvalue weighted by Gasteiger charge is -2.03. The summed E-state index contributed by atoms with van der Waals surface area (Å²) in [4.78, 5) is 13.1. The maximum atomic E-state index is 11.7. The molecule has 116 valence electrons. The number of amides is 1. The minimum absolute atomic E-state index is 0.101. The number of hydrogen-bond donors (Lipinski definition) is 2. The first-order valence-corrected chi connectivity index (χ1v) is 7.19. The minimum Gasteiger partial charge on any atom is -0.465 e. The van der Waals surface area contributed by atoms with Gasteiger partial charge in [-0.25, -0.2) is 0 Å². The van der Waals surface area contributed by atoms with E-state index in [9.17, 15) is 4.79 Å². The van der Waals surface area contributed by atoms with Gasteiger partial charge in [0, 0.05) is 6.08 Å². The van der Waals surface area contributed by atoms with E-state index in [1.54, 1.807) is 12.1 Å². The second-order valence-electron chi connectivity index (χ2n) is 4.35. The number of nitrogens with one attached hydrogen (secondary N) is 2. The molecule has 0 unspecified atom stereocenters. The summed E-state index contributed by atoms with van der Waals surface area (Å²) in [5, 5.41) is 17.0. The van der Waals surface area contributed by atoms with Gasteiger partial charge in [-0.05, 0) is 42.1 Å². The van der Waals surface area contributed by atoms with Crippen LogP contribution in [0.1, 0.15) is 25.5 Å². The third kappa shape index (κ3) is 5.09. The lowest BCUT2D eigenvalue weighted by atomic mass is 10.3. The van der Waals surface area contributed by atoms with Crippen LogP contribution in [-0.2, 0) is 11.3 Å². The van der Waals surface area contributed by atoms with Gasteiger partial charge in [-0.1, -0.05) is 18.4 Å².